The summed E-state index contributed by atoms with van der Waals surface area (Å²) in [6, 6.07) is 3.82. The molecule has 8 nitrogen and oxygen atoms in total. The van der Waals surface area contributed by atoms with Gasteiger partial charge in [-0.2, -0.15) is 4.31 Å². The fourth-order valence-corrected chi connectivity index (χ4v) is 4.32. The molecule has 1 aromatic carbocycles. The van der Waals surface area contributed by atoms with Crippen LogP contribution in [0.3, 0.4) is 0 Å². The van der Waals surface area contributed by atoms with Gasteiger partial charge in [0.15, 0.2) is 5.13 Å². The van der Waals surface area contributed by atoms with Gasteiger partial charge >= 0.3 is 0 Å². The second-order valence-electron chi connectivity index (χ2n) is 6.85. The molecule has 0 atom stereocenters. The Morgan fingerprint density at radius 1 is 1.20 bits per heavy atom. The summed E-state index contributed by atoms with van der Waals surface area (Å²) in [4.78, 5) is 21.5. The molecule has 2 rings (SSSR count). The zero-order valence-corrected chi connectivity index (χ0v) is 20.8. The Bertz CT molecular complexity index is 961. The molecule has 0 aliphatic carbocycles. The molecule has 11 heteroatoms. The van der Waals surface area contributed by atoms with Crippen molar-refractivity contribution in [2.75, 3.05) is 58.0 Å². The Morgan fingerprint density at radius 2 is 1.83 bits per heavy atom. The Hall–Kier alpha value is -1.46. The van der Waals surface area contributed by atoms with Crippen LogP contribution in [0.15, 0.2) is 12.1 Å². The van der Waals surface area contributed by atoms with E-state index in [2.05, 4.69) is 23.7 Å². The number of rotatable bonds is 10. The van der Waals surface area contributed by atoms with E-state index in [1.54, 1.807) is 12.0 Å². The van der Waals surface area contributed by atoms with Gasteiger partial charge in [-0.05, 0) is 31.6 Å². The van der Waals surface area contributed by atoms with Gasteiger partial charge in [0.25, 0.3) is 0 Å². The quantitative estimate of drug-likeness (QED) is 0.522. The molecule has 0 aliphatic rings. The average molecular weight is 479 g/mol. The van der Waals surface area contributed by atoms with Gasteiger partial charge in [0.2, 0.25) is 15.9 Å². The Kier molecular flexibility index (Phi) is 9.96. The summed E-state index contributed by atoms with van der Waals surface area (Å²) in [5.41, 5.74) is 1.76. The number of nitrogens with zero attached hydrogens (tertiary/aromatic N) is 4. The normalized spacial score (nSPS) is 11.7. The van der Waals surface area contributed by atoms with E-state index in [0.29, 0.717) is 29.5 Å². The van der Waals surface area contributed by atoms with E-state index in [-0.39, 0.29) is 24.9 Å². The maximum Gasteiger partial charge on any atom is 0.244 e. The second kappa shape index (κ2) is 11.2. The van der Waals surface area contributed by atoms with E-state index in [1.165, 1.54) is 18.4 Å². The largest absolute Gasteiger partial charge is 0.494 e. The zero-order valence-electron chi connectivity index (χ0n) is 18.3. The summed E-state index contributed by atoms with van der Waals surface area (Å²) in [6.45, 7) is 8.74. The molecule has 2 aromatic rings. The number of carbonyl (C=O) groups excluding carboxylic acids is 1. The minimum atomic E-state index is -3.46. The standard InChI is InChI=1S/C19H30N4O4S2.ClH/c1-7-22(8-2)11-12-23(16(24)13-21(4)29(6,25)26)19-20-17-15(27-5)10-9-14(3)18(17)28-19;/h9-10H,7-8,11-13H2,1-6H3;1H. The number of likely N-dealkylation sites (N-methyl/N-ethyl adjacent to an activating group) is 2. The lowest BCUT2D eigenvalue weighted by molar-refractivity contribution is -0.118. The van der Waals surface area contributed by atoms with Crippen LogP contribution in [0.2, 0.25) is 0 Å². The smallest absolute Gasteiger partial charge is 0.244 e. The van der Waals surface area contributed by atoms with Crippen molar-refractivity contribution in [3.8, 4) is 5.75 Å². The van der Waals surface area contributed by atoms with Gasteiger partial charge < -0.3 is 9.64 Å². The topological polar surface area (TPSA) is 83.0 Å². The number of thiazole rings is 1. The van der Waals surface area contributed by atoms with E-state index in [4.69, 9.17) is 4.74 Å². The van der Waals surface area contributed by atoms with Crippen molar-refractivity contribution in [2.45, 2.75) is 20.8 Å². The van der Waals surface area contributed by atoms with E-state index in [0.717, 1.165) is 33.9 Å². The molecular weight excluding hydrogens is 448 g/mol. The fourth-order valence-electron chi connectivity index (χ4n) is 2.88. The number of amides is 1. The lowest BCUT2D eigenvalue weighted by Crippen LogP contribution is -2.44. The van der Waals surface area contributed by atoms with Crippen LogP contribution in [0.1, 0.15) is 19.4 Å². The van der Waals surface area contributed by atoms with Gasteiger partial charge in [-0.1, -0.05) is 31.3 Å². The van der Waals surface area contributed by atoms with Crippen LogP contribution in [0, 0.1) is 6.92 Å². The fraction of sp³-hybridized carbons (Fsp3) is 0.579. The Morgan fingerprint density at radius 3 is 2.37 bits per heavy atom. The summed E-state index contributed by atoms with van der Waals surface area (Å²) in [5, 5.41) is 0.548. The lowest BCUT2D eigenvalue weighted by Gasteiger charge is -2.26. The van der Waals surface area contributed by atoms with Crippen LogP contribution in [0.25, 0.3) is 10.2 Å². The summed E-state index contributed by atoms with van der Waals surface area (Å²) in [6.07, 6.45) is 1.09. The lowest BCUT2D eigenvalue weighted by atomic mass is 10.2. The van der Waals surface area contributed by atoms with Crippen molar-refractivity contribution >= 4 is 55.0 Å². The van der Waals surface area contributed by atoms with Crippen molar-refractivity contribution in [1.29, 1.82) is 0 Å². The predicted octanol–water partition coefficient (Wildman–Crippen LogP) is 2.60. The number of hydrogen-bond donors (Lipinski definition) is 0. The number of carbonyl (C=O) groups is 1. The third-order valence-corrected chi connectivity index (χ3v) is 7.38. The maximum absolute atomic E-state index is 13.0. The minimum absolute atomic E-state index is 0. The molecule has 0 fully saturated rings. The number of sulfonamides is 1. The van der Waals surface area contributed by atoms with Gasteiger partial charge in [-0.15, -0.1) is 12.4 Å². The summed E-state index contributed by atoms with van der Waals surface area (Å²) < 4.78 is 31.0. The molecule has 0 bridgehead atoms. The molecule has 1 amide bonds. The molecular formula is C19H31ClN4O4S2. The number of ether oxygens (including phenoxy) is 1. The number of aryl methyl sites for hydroxylation is 1. The van der Waals surface area contributed by atoms with Crippen molar-refractivity contribution in [3.63, 3.8) is 0 Å². The van der Waals surface area contributed by atoms with E-state index < -0.39 is 10.0 Å². The summed E-state index contributed by atoms with van der Waals surface area (Å²) in [7, 11) is -0.463. The molecule has 1 aromatic heterocycles. The van der Waals surface area contributed by atoms with E-state index >= 15 is 0 Å². The number of aromatic nitrogens is 1. The maximum atomic E-state index is 13.0. The number of fused-ring (bicyclic) bond motifs is 1. The molecule has 0 aliphatic heterocycles. The van der Waals surface area contributed by atoms with Gasteiger partial charge in [0.05, 0.1) is 24.6 Å². The third kappa shape index (κ3) is 6.27. The SMILES string of the molecule is CCN(CC)CCN(C(=O)CN(C)S(C)(=O)=O)c1nc2c(OC)ccc(C)c2s1.Cl. The van der Waals surface area contributed by atoms with Crippen LogP contribution in [-0.4, -0.2) is 81.7 Å². The molecule has 1 heterocycles. The van der Waals surface area contributed by atoms with Crippen LogP contribution in [0.5, 0.6) is 5.75 Å². The van der Waals surface area contributed by atoms with Gasteiger partial charge in [-0.3, -0.25) is 9.69 Å². The predicted molar refractivity (Wildman–Crippen MR) is 126 cm³/mol. The Balaban J connectivity index is 0.00000450. The monoisotopic (exact) mass is 478 g/mol. The van der Waals surface area contributed by atoms with Gasteiger partial charge in [-0.25, -0.2) is 13.4 Å². The van der Waals surface area contributed by atoms with Crippen LogP contribution in [-0.2, 0) is 14.8 Å². The molecule has 30 heavy (non-hydrogen) atoms. The van der Waals surface area contributed by atoms with Crippen LogP contribution in [0.4, 0.5) is 5.13 Å². The number of benzene rings is 1. The number of anilines is 1. The zero-order chi connectivity index (χ0) is 21.8. The van der Waals surface area contributed by atoms with Gasteiger partial charge in [0, 0.05) is 20.1 Å². The number of methoxy groups -OCH3 is 1. The van der Waals surface area contributed by atoms with Crippen molar-refractivity contribution in [2.24, 2.45) is 0 Å². The molecule has 0 saturated carbocycles. The van der Waals surface area contributed by atoms with Crippen molar-refractivity contribution in [3.05, 3.63) is 17.7 Å². The molecule has 170 valence electrons. The Labute approximate surface area is 189 Å². The number of hydrogen-bond acceptors (Lipinski definition) is 7. The van der Waals surface area contributed by atoms with Crippen LogP contribution >= 0.6 is 23.7 Å². The first-order chi connectivity index (χ1) is 13.6. The highest BCUT2D eigenvalue weighted by atomic mass is 35.5. The molecule has 0 spiro atoms. The minimum Gasteiger partial charge on any atom is -0.494 e. The van der Waals surface area contributed by atoms with E-state index in [9.17, 15) is 13.2 Å². The summed E-state index contributed by atoms with van der Waals surface area (Å²) >= 11 is 1.42. The highest BCUT2D eigenvalue weighted by molar-refractivity contribution is 7.88. The third-order valence-electron chi connectivity index (χ3n) is 4.90. The number of halogens is 1. The summed E-state index contributed by atoms with van der Waals surface area (Å²) in [5.74, 6) is 0.346. The van der Waals surface area contributed by atoms with Crippen LogP contribution < -0.4 is 9.64 Å². The van der Waals surface area contributed by atoms with Gasteiger partial charge in [0.1, 0.15) is 11.3 Å². The molecule has 0 radical (unpaired) electrons. The first-order valence-corrected chi connectivity index (χ1v) is 12.2. The first-order valence-electron chi connectivity index (χ1n) is 9.50. The molecule has 0 unspecified atom stereocenters. The molecule has 0 N–H and O–H groups in total. The average Bonchev–Trinajstić information content (AvgIpc) is 3.10. The molecule has 0 saturated heterocycles. The first kappa shape index (κ1) is 26.6. The highest BCUT2D eigenvalue weighted by Gasteiger charge is 2.25. The second-order valence-corrected chi connectivity index (χ2v) is 9.92. The van der Waals surface area contributed by atoms with Crippen molar-refractivity contribution < 1.29 is 17.9 Å². The van der Waals surface area contributed by atoms with Crippen molar-refractivity contribution in [1.82, 2.24) is 14.2 Å². The van der Waals surface area contributed by atoms with E-state index in [1.807, 2.05) is 19.1 Å². The highest BCUT2D eigenvalue weighted by Crippen LogP contribution is 2.36.